The van der Waals surface area contributed by atoms with Crippen LogP contribution in [0.3, 0.4) is 0 Å². The van der Waals surface area contributed by atoms with Crippen LogP contribution >= 0.6 is 31.9 Å². The lowest BCUT2D eigenvalue weighted by molar-refractivity contribution is -0.136. The number of aryl methyl sites for hydroxylation is 2. The Morgan fingerprint density at radius 3 is 1.69 bits per heavy atom. The predicted octanol–water partition coefficient (Wildman–Crippen LogP) is 7.27. The average molecular weight is 965 g/mol. The first-order chi connectivity index (χ1) is 29.9. The molecule has 3 aliphatic heterocycles. The molecule has 2 aromatic heterocycles. The summed E-state index contributed by atoms with van der Waals surface area (Å²) in [6, 6.07) is 26.5. The van der Waals surface area contributed by atoms with Crippen molar-refractivity contribution in [3.05, 3.63) is 105 Å². The zero-order valence-electron chi connectivity index (χ0n) is 34.9. The molecule has 3 aliphatic rings. The van der Waals surface area contributed by atoms with Gasteiger partial charge in [-0.3, -0.25) is 9.59 Å². The minimum Gasteiger partial charge on any atom is -0.476 e. The summed E-state index contributed by atoms with van der Waals surface area (Å²) in [5.41, 5.74) is 4.12. The molecule has 16 heteroatoms. The van der Waals surface area contributed by atoms with Crippen molar-refractivity contribution in [2.75, 3.05) is 60.7 Å². The molecule has 0 aliphatic carbocycles. The third-order valence-electron chi connectivity index (χ3n) is 12.0. The normalized spacial score (nSPS) is 18.6. The van der Waals surface area contributed by atoms with Crippen molar-refractivity contribution < 1.29 is 19.1 Å². The number of carbonyl (C=O) groups excluding carboxylic acids is 2. The number of halogens is 2. The summed E-state index contributed by atoms with van der Waals surface area (Å²) in [5.74, 6) is 0.974. The molecular formula is C46H48Br2N10O4. The number of piperazine rings is 1. The summed E-state index contributed by atoms with van der Waals surface area (Å²) in [5, 5.41) is 11.2. The lowest BCUT2D eigenvalue weighted by Gasteiger charge is -2.35. The number of hydrogen-bond donors (Lipinski definition) is 3. The fourth-order valence-electron chi connectivity index (χ4n) is 8.60. The van der Waals surface area contributed by atoms with Crippen LogP contribution in [0.1, 0.15) is 30.7 Å². The number of aromatic nitrogens is 4. The van der Waals surface area contributed by atoms with Gasteiger partial charge in [-0.25, -0.2) is 19.9 Å². The van der Waals surface area contributed by atoms with Gasteiger partial charge in [-0.15, -0.1) is 0 Å². The maximum atomic E-state index is 14.6. The summed E-state index contributed by atoms with van der Waals surface area (Å²) >= 11 is 6.96. The van der Waals surface area contributed by atoms with Crippen molar-refractivity contribution in [3.8, 4) is 11.5 Å². The van der Waals surface area contributed by atoms with Crippen molar-refractivity contribution in [1.82, 2.24) is 30.2 Å². The van der Waals surface area contributed by atoms with E-state index in [0.29, 0.717) is 46.9 Å². The van der Waals surface area contributed by atoms with Crippen LogP contribution in [0.5, 0.6) is 11.5 Å². The first-order valence-electron chi connectivity index (χ1n) is 20.9. The van der Waals surface area contributed by atoms with Gasteiger partial charge in [-0.05, 0) is 132 Å². The highest BCUT2D eigenvalue weighted by molar-refractivity contribution is 9.10. The Morgan fingerprint density at radius 1 is 0.726 bits per heavy atom. The molecule has 0 radical (unpaired) electrons. The van der Waals surface area contributed by atoms with Gasteiger partial charge in [0, 0.05) is 75.4 Å². The SMILES string of the molecule is Cc1nc(N2CCC(N(C)C)CC2)nc2ccc(NC(=O)C(Oc3ccc(Br)cc3)C(Oc3ccc(Br)cc3)C(=O)Nc3ccc4nc(N5CC6CC5CN6)nc(C)c4c3)cc12. The van der Waals surface area contributed by atoms with Crippen molar-refractivity contribution in [1.29, 1.82) is 0 Å². The molecule has 3 N–H and O–H groups in total. The van der Waals surface area contributed by atoms with E-state index < -0.39 is 24.0 Å². The van der Waals surface area contributed by atoms with Gasteiger partial charge in [0.2, 0.25) is 24.1 Å². The second-order valence-corrected chi connectivity index (χ2v) is 18.3. The number of fused-ring (bicyclic) bond motifs is 4. The number of benzene rings is 4. The van der Waals surface area contributed by atoms with E-state index >= 15 is 0 Å². The van der Waals surface area contributed by atoms with Gasteiger partial charge in [0.05, 0.1) is 22.4 Å². The van der Waals surface area contributed by atoms with Crippen LogP contribution in [0.25, 0.3) is 21.8 Å². The van der Waals surface area contributed by atoms with Crippen molar-refractivity contribution in [3.63, 3.8) is 0 Å². The van der Waals surface area contributed by atoms with Crippen LogP contribution in [0.15, 0.2) is 93.9 Å². The van der Waals surface area contributed by atoms with Crippen LogP contribution in [0.4, 0.5) is 23.3 Å². The summed E-state index contributed by atoms with van der Waals surface area (Å²) in [7, 11) is 4.25. The van der Waals surface area contributed by atoms with E-state index in [1.807, 2.05) is 38.1 Å². The predicted molar refractivity (Wildman–Crippen MR) is 249 cm³/mol. The van der Waals surface area contributed by atoms with Gasteiger partial charge < -0.3 is 40.1 Å². The smallest absolute Gasteiger partial charge is 0.269 e. The quantitative estimate of drug-likeness (QED) is 0.113. The fraction of sp³-hybridized carbons (Fsp3) is 0.348. The maximum Gasteiger partial charge on any atom is 0.269 e. The van der Waals surface area contributed by atoms with Crippen molar-refractivity contribution >= 4 is 88.8 Å². The van der Waals surface area contributed by atoms with Gasteiger partial charge in [0.1, 0.15) is 11.5 Å². The number of nitrogens with zero attached hydrogens (tertiary/aromatic N) is 7. The summed E-state index contributed by atoms with van der Waals surface area (Å²) in [6.45, 7) is 7.47. The van der Waals surface area contributed by atoms with Crippen LogP contribution in [-0.4, -0.2) is 107 Å². The lowest BCUT2D eigenvalue weighted by atomic mass is 10.0. The van der Waals surface area contributed by atoms with Crippen molar-refractivity contribution in [2.24, 2.45) is 0 Å². The molecule has 4 atom stereocenters. The van der Waals surface area contributed by atoms with E-state index in [-0.39, 0.29) is 0 Å². The Kier molecular flexibility index (Phi) is 12.0. The highest BCUT2D eigenvalue weighted by Gasteiger charge is 2.40. The number of nitrogens with one attached hydrogen (secondary N) is 3. The highest BCUT2D eigenvalue weighted by Crippen LogP contribution is 2.31. The molecule has 3 saturated heterocycles. The van der Waals surface area contributed by atoms with E-state index in [4.69, 9.17) is 29.4 Å². The van der Waals surface area contributed by atoms with Crippen LogP contribution in [-0.2, 0) is 9.59 Å². The van der Waals surface area contributed by atoms with Crippen LogP contribution in [0, 0.1) is 13.8 Å². The molecule has 2 bridgehead atoms. The third-order valence-corrected chi connectivity index (χ3v) is 13.1. The zero-order valence-corrected chi connectivity index (χ0v) is 38.1. The Bertz CT molecular complexity index is 2630. The van der Waals surface area contributed by atoms with Gasteiger partial charge in [0.15, 0.2) is 0 Å². The topological polar surface area (TPSA) is 150 Å². The Hall–Kier alpha value is -5.42. The summed E-state index contributed by atoms with van der Waals surface area (Å²) < 4.78 is 14.5. The molecule has 9 rings (SSSR count). The molecule has 62 heavy (non-hydrogen) atoms. The molecule has 2 amide bonds. The number of rotatable bonds is 12. The average Bonchev–Trinajstić information content (AvgIpc) is 3.91. The summed E-state index contributed by atoms with van der Waals surface area (Å²) in [4.78, 5) is 55.6. The third kappa shape index (κ3) is 9.05. The fourth-order valence-corrected chi connectivity index (χ4v) is 9.13. The van der Waals surface area contributed by atoms with E-state index in [9.17, 15) is 9.59 Å². The van der Waals surface area contributed by atoms with Crippen LogP contribution in [0.2, 0.25) is 0 Å². The van der Waals surface area contributed by atoms with Gasteiger partial charge >= 0.3 is 0 Å². The second-order valence-electron chi connectivity index (χ2n) is 16.5. The van der Waals surface area contributed by atoms with Crippen LogP contribution < -0.4 is 35.2 Å². The molecule has 14 nitrogen and oxygen atoms in total. The number of anilines is 4. The Labute approximate surface area is 377 Å². The second kappa shape index (κ2) is 17.8. The van der Waals surface area contributed by atoms with E-state index in [1.54, 1.807) is 60.7 Å². The lowest BCUT2D eigenvalue weighted by Crippen LogP contribution is -2.51. The van der Waals surface area contributed by atoms with Gasteiger partial charge in [-0.1, -0.05) is 31.9 Å². The van der Waals surface area contributed by atoms with Gasteiger partial charge in [-0.2, -0.15) is 0 Å². The molecule has 320 valence electrons. The molecule has 4 unspecified atom stereocenters. The Balaban J connectivity index is 1.00. The molecule has 0 spiro atoms. The Morgan fingerprint density at radius 2 is 1.23 bits per heavy atom. The maximum absolute atomic E-state index is 14.6. The van der Waals surface area contributed by atoms with E-state index in [2.05, 4.69) is 76.6 Å². The zero-order chi connectivity index (χ0) is 43.1. The molecular weight excluding hydrogens is 916 g/mol. The first-order valence-corrected chi connectivity index (χ1v) is 22.5. The van der Waals surface area contributed by atoms with Crippen molar-refractivity contribution in [2.45, 2.75) is 63.4 Å². The summed E-state index contributed by atoms with van der Waals surface area (Å²) in [6.07, 6.45) is 0.260. The number of ether oxygens (including phenoxy) is 2. The minimum absolute atomic E-state index is 0.367. The highest BCUT2D eigenvalue weighted by atomic mass is 79.9. The number of hydrogen-bond acceptors (Lipinski definition) is 12. The van der Waals surface area contributed by atoms with E-state index in [1.165, 1.54) is 0 Å². The van der Waals surface area contributed by atoms with E-state index in [0.717, 1.165) is 93.5 Å². The molecule has 6 aromatic rings. The number of amides is 2. The largest absolute Gasteiger partial charge is 0.476 e. The monoisotopic (exact) mass is 962 g/mol. The first kappa shape index (κ1) is 41.9. The number of carbonyl (C=O) groups is 2. The molecule has 3 fully saturated rings. The van der Waals surface area contributed by atoms with Gasteiger partial charge in [0.25, 0.3) is 11.8 Å². The molecule has 5 heterocycles. The minimum atomic E-state index is -1.46. The molecule has 4 aromatic carbocycles. The number of piperidine rings is 1. The standard InChI is InChI=1S/C46H48Br2N10O4/c1-26-37-22-30(9-15-39(37)54-45(50-26)57-19-17-33(18-20-57)56(3)4)52-43(59)41(61-35-11-5-28(47)6-12-35)42(62-36-13-7-29(48)8-14-36)44(60)53-31-10-16-40-38(23-31)27(2)51-46(55-40)58-25-32-21-34(58)24-49-32/h5-16,22-23,32-34,41-42,49H,17-21,24-25H2,1-4H3,(H,52,59)(H,53,60). The molecule has 0 saturated carbocycles.